The molecule has 1 aromatic heterocycles. The molecule has 3 rings (SSSR count). The number of rotatable bonds is 7. The Morgan fingerprint density at radius 2 is 1.73 bits per heavy atom. The van der Waals surface area contributed by atoms with Gasteiger partial charge in [0.15, 0.2) is 0 Å². The normalized spacial score (nSPS) is 12.1. The summed E-state index contributed by atoms with van der Waals surface area (Å²) in [6, 6.07) is 21.4. The molecule has 1 unspecified atom stereocenters. The Bertz CT molecular complexity index is 844. The Labute approximate surface area is 153 Å². The maximum Gasteiger partial charge on any atom is 0.249 e. The summed E-state index contributed by atoms with van der Waals surface area (Å²) in [6.07, 6.45) is 0.251. The predicted octanol–water partition coefficient (Wildman–Crippen LogP) is 3.99. The van der Waals surface area contributed by atoms with Gasteiger partial charge in [0.2, 0.25) is 5.91 Å². The van der Waals surface area contributed by atoms with Crippen LogP contribution in [-0.2, 0) is 11.4 Å². The fourth-order valence-corrected chi connectivity index (χ4v) is 2.86. The molecule has 0 spiro atoms. The molecule has 0 aliphatic carbocycles. The van der Waals surface area contributed by atoms with Crippen molar-refractivity contribution >= 4 is 5.91 Å². The largest absolute Gasteiger partial charge is 0.296 e. The second-order valence-corrected chi connectivity index (χ2v) is 6.29. The van der Waals surface area contributed by atoms with Gasteiger partial charge in [-0.15, -0.1) is 0 Å². The first-order valence-electron chi connectivity index (χ1n) is 8.66. The van der Waals surface area contributed by atoms with Gasteiger partial charge in [-0.05, 0) is 31.0 Å². The van der Waals surface area contributed by atoms with Crippen LogP contribution >= 0.6 is 0 Å². The van der Waals surface area contributed by atoms with Crippen LogP contribution in [0.1, 0.15) is 39.8 Å². The highest BCUT2D eigenvalue weighted by atomic mass is 16.6. The summed E-state index contributed by atoms with van der Waals surface area (Å²) in [5.41, 5.74) is 6.78. The zero-order valence-corrected chi connectivity index (χ0v) is 15.1. The number of hydroxylamine groups is 1. The van der Waals surface area contributed by atoms with Crippen molar-refractivity contribution in [1.82, 2.24) is 15.3 Å². The van der Waals surface area contributed by atoms with E-state index < -0.39 is 0 Å². The smallest absolute Gasteiger partial charge is 0.249 e. The SMILES string of the molecule is Cc1cc(C)n(C(=O)CC(NOCc2ccccc2)c2ccccc2)n1. The third kappa shape index (κ3) is 4.65. The van der Waals surface area contributed by atoms with Gasteiger partial charge in [-0.25, -0.2) is 4.68 Å². The molecule has 0 aliphatic heterocycles. The lowest BCUT2D eigenvalue weighted by Gasteiger charge is -2.18. The molecule has 0 fully saturated rings. The summed E-state index contributed by atoms with van der Waals surface area (Å²) in [4.78, 5) is 18.4. The van der Waals surface area contributed by atoms with Gasteiger partial charge in [0.05, 0.1) is 24.8 Å². The van der Waals surface area contributed by atoms with Crippen molar-refractivity contribution in [3.8, 4) is 0 Å². The van der Waals surface area contributed by atoms with E-state index in [9.17, 15) is 4.79 Å². The molecule has 1 atom stereocenters. The Morgan fingerprint density at radius 3 is 2.35 bits per heavy atom. The lowest BCUT2D eigenvalue weighted by molar-refractivity contribution is 0.000899. The number of aryl methyl sites for hydroxylation is 2. The Kier molecular flexibility index (Phi) is 5.94. The monoisotopic (exact) mass is 349 g/mol. The number of nitrogens with zero attached hydrogens (tertiary/aromatic N) is 2. The number of nitrogens with one attached hydrogen (secondary N) is 1. The van der Waals surface area contributed by atoms with E-state index in [1.165, 1.54) is 4.68 Å². The van der Waals surface area contributed by atoms with Crippen molar-refractivity contribution < 1.29 is 9.63 Å². The van der Waals surface area contributed by atoms with Crippen molar-refractivity contribution in [3.05, 3.63) is 89.2 Å². The fraction of sp³-hybridized carbons (Fsp3) is 0.238. The number of hydrogen-bond donors (Lipinski definition) is 1. The molecule has 134 valence electrons. The van der Waals surface area contributed by atoms with Gasteiger partial charge in [-0.3, -0.25) is 9.63 Å². The second kappa shape index (κ2) is 8.56. The standard InChI is InChI=1S/C21H23N3O2/c1-16-13-17(2)24(22-16)21(25)14-20(19-11-7-4-8-12-19)23-26-15-18-9-5-3-6-10-18/h3-13,20,23H,14-15H2,1-2H3. The molecule has 0 amide bonds. The topological polar surface area (TPSA) is 56.2 Å². The van der Waals surface area contributed by atoms with E-state index in [0.717, 1.165) is 22.5 Å². The van der Waals surface area contributed by atoms with E-state index in [1.54, 1.807) is 0 Å². The Hall–Kier alpha value is -2.76. The van der Waals surface area contributed by atoms with Gasteiger partial charge >= 0.3 is 0 Å². The minimum absolute atomic E-state index is 0.0692. The van der Waals surface area contributed by atoms with Crippen molar-refractivity contribution in [2.24, 2.45) is 0 Å². The molecule has 5 heteroatoms. The third-order valence-corrected chi connectivity index (χ3v) is 4.13. The predicted molar refractivity (Wildman–Crippen MR) is 100 cm³/mol. The van der Waals surface area contributed by atoms with Crippen LogP contribution in [0.2, 0.25) is 0 Å². The molecule has 3 aromatic rings. The molecular weight excluding hydrogens is 326 g/mol. The van der Waals surface area contributed by atoms with E-state index in [2.05, 4.69) is 10.6 Å². The zero-order chi connectivity index (χ0) is 18.4. The highest BCUT2D eigenvalue weighted by Gasteiger charge is 2.19. The van der Waals surface area contributed by atoms with E-state index >= 15 is 0 Å². The number of benzene rings is 2. The molecule has 0 aliphatic rings. The van der Waals surface area contributed by atoms with Gasteiger partial charge in [-0.1, -0.05) is 60.7 Å². The van der Waals surface area contributed by atoms with Crippen molar-refractivity contribution in [2.45, 2.75) is 32.9 Å². The van der Waals surface area contributed by atoms with Crippen LogP contribution in [0.4, 0.5) is 0 Å². The van der Waals surface area contributed by atoms with E-state index in [1.807, 2.05) is 80.6 Å². The average Bonchev–Trinajstić information content (AvgIpc) is 3.01. The number of carbonyl (C=O) groups is 1. The molecule has 5 nitrogen and oxygen atoms in total. The third-order valence-electron chi connectivity index (χ3n) is 4.13. The molecule has 1 heterocycles. The average molecular weight is 349 g/mol. The molecule has 1 N–H and O–H groups in total. The van der Waals surface area contributed by atoms with Crippen molar-refractivity contribution in [3.63, 3.8) is 0 Å². The molecule has 2 aromatic carbocycles. The van der Waals surface area contributed by atoms with Gasteiger partial charge in [-0.2, -0.15) is 10.6 Å². The maximum atomic E-state index is 12.7. The van der Waals surface area contributed by atoms with Crippen LogP contribution in [-0.4, -0.2) is 15.7 Å². The lowest BCUT2D eigenvalue weighted by atomic mass is 10.0. The number of hydrogen-bond acceptors (Lipinski definition) is 4. The van der Waals surface area contributed by atoms with Gasteiger partial charge in [0.1, 0.15) is 0 Å². The van der Waals surface area contributed by atoms with Crippen molar-refractivity contribution in [2.75, 3.05) is 0 Å². The van der Waals surface area contributed by atoms with E-state index in [0.29, 0.717) is 6.61 Å². The Morgan fingerprint density at radius 1 is 1.08 bits per heavy atom. The van der Waals surface area contributed by atoms with Crippen LogP contribution in [0.3, 0.4) is 0 Å². The minimum Gasteiger partial charge on any atom is -0.296 e. The molecule has 26 heavy (non-hydrogen) atoms. The fourth-order valence-electron chi connectivity index (χ4n) is 2.86. The summed E-state index contributed by atoms with van der Waals surface area (Å²) in [7, 11) is 0. The second-order valence-electron chi connectivity index (χ2n) is 6.29. The summed E-state index contributed by atoms with van der Waals surface area (Å²) >= 11 is 0. The van der Waals surface area contributed by atoms with Gasteiger partial charge < -0.3 is 0 Å². The highest BCUT2D eigenvalue weighted by molar-refractivity contribution is 5.79. The maximum absolute atomic E-state index is 12.7. The quantitative estimate of drug-likeness (QED) is 0.655. The molecule has 0 bridgehead atoms. The summed E-state index contributed by atoms with van der Waals surface area (Å²) in [5, 5.41) is 4.28. The first-order valence-corrected chi connectivity index (χ1v) is 8.66. The Balaban J connectivity index is 1.69. The summed E-state index contributed by atoms with van der Waals surface area (Å²) in [5.74, 6) is -0.0692. The first kappa shape index (κ1) is 18.0. The van der Waals surface area contributed by atoms with E-state index in [-0.39, 0.29) is 18.4 Å². The summed E-state index contributed by atoms with van der Waals surface area (Å²) < 4.78 is 1.46. The number of aromatic nitrogens is 2. The molecule has 0 saturated heterocycles. The van der Waals surface area contributed by atoms with Crippen molar-refractivity contribution in [1.29, 1.82) is 0 Å². The van der Waals surface area contributed by atoms with Gasteiger partial charge in [0.25, 0.3) is 0 Å². The lowest BCUT2D eigenvalue weighted by Crippen LogP contribution is -2.27. The zero-order valence-electron chi connectivity index (χ0n) is 15.1. The molecular formula is C21H23N3O2. The highest BCUT2D eigenvalue weighted by Crippen LogP contribution is 2.18. The van der Waals surface area contributed by atoms with Crippen LogP contribution in [0.5, 0.6) is 0 Å². The molecule has 0 radical (unpaired) electrons. The van der Waals surface area contributed by atoms with Crippen LogP contribution in [0.15, 0.2) is 66.7 Å². The molecule has 0 saturated carbocycles. The summed E-state index contributed by atoms with van der Waals surface area (Å²) in [6.45, 7) is 4.19. The minimum atomic E-state index is -0.253. The first-order chi connectivity index (χ1) is 12.6. The van der Waals surface area contributed by atoms with Gasteiger partial charge in [0, 0.05) is 5.69 Å². The van der Waals surface area contributed by atoms with E-state index in [4.69, 9.17) is 4.84 Å². The number of carbonyl (C=O) groups excluding carboxylic acids is 1. The van der Waals surface area contributed by atoms with Crippen LogP contribution < -0.4 is 5.48 Å². The van der Waals surface area contributed by atoms with Crippen LogP contribution in [0.25, 0.3) is 0 Å². The van der Waals surface area contributed by atoms with Crippen LogP contribution in [0, 0.1) is 13.8 Å².